The molecule has 2 heterocycles. The van der Waals surface area contributed by atoms with E-state index in [2.05, 4.69) is 30.3 Å². The molecule has 0 aliphatic carbocycles. The van der Waals surface area contributed by atoms with Gasteiger partial charge in [0, 0.05) is 29.0 Å². The summed E-state index contributed by atoms with van der Waals surface area (Å²) in [5, 5.41) is 7.98. The predicted octanol–water partition coefficient (Wildman–Crippen LogP) is 5.93. The molecular formula is C27H24N6O2S. The van der Waals surface area contributed by atoms with Crippen LogP contribution in [0.4, 0.5) is 28.8 Å². The fraction of sp³-hybridized carbons (Fsp3) is 0.0741. The van der Waals surface area contributed by atoms with Gasteiger partial charge in [0.15, 0.2) is 0 Å². The first-order valence-corrected chi connectivity index (χ1v) is 12.8. The average molecular weight is 497 g/mol. The molecule has 2 aromatic heterocycles. The third kappa shape index (κ3) is 5.26. The molecule has 0 bridgehead atoms. The van der Waals surface area contributed by atoms with E-state index in [1.54, 1.807) is 54.7 Å². The van der Waals surface area contributed by atoms with Gasteiger partial charge in [-0.15, -0.1) is 0 Å². The zero-order chi connectivity index (χ0) is 25.1. The molecule has 0 spiro atoms. The number of aryl methyl sites for hydroxylation is 2. The van der Waals surface area contributed by atoms with Crippen LogP contribution in [0, 0.1) is 13.8 Å². The first-order chi connectivity index (χ1) is 17.4. The number of aromatic nitrogens is 3. The second-order valence-corrected chi connectivity index (χ2v) is 9.97. The first-order valence-electron chi connectivity index (χ1n) is 11.3. The molecule has 0 fully saturated rings. The molecule has 36 heavy (non-hydrogen) atoms. The van der Waals surface area contributed by atoms with Crippen LogP contribution in [-0.4, -0.2) is 23.4 Å². The second-order valence-electron chi connectivity index (χ2n) is 8.31. The van der Waals surface area contributed by atoms with E-state index < -0.39 is 10.0 Å². The van der Waals surface area contributed by atoms with Crippen molar-refractivity contribution in [2.24, 2.45) is 0 Å². The number of hydrogen-bond acceptors (Lipinski definition) is 7. The van der Waals surface area contributed by atoms with Crippen molar-refractivity contribution in [2.45, 2.75) is 18.7 Å². The average Bonchev–Trinajstić information content (AvgIpc) is 2.84. The molecule has 5 aromatic rings. The highest BCUT2D eigenvalue weighted by molar-refractivity contribution is 7.93. The van der Waals surface area contributed by atoms with Gasteiger partial charge in [-0.05, 0) is 67.3 Å². The lowest BCUT2D eigenvalue weighted by molar-refractivity contribution is 0.602. The fourth-order valence-electron chi connectivity index (χ4n) is 3.84. The minimum atomic E-state index is -3.76. The molecule has 3 aromatic carbocycles. The molecule has 0 radical (unpaired) electrons. The number of anilines is 5. The summed E-state index contributed by atoms with van der Waals surface area (Å²) < 4.78 is 28.8. The Morgan fingerprint density at radius 3 is 2.17 bits per heavy atom. The number of hydrogen-bond donors (Lipinski definition) is 3. The van der Waals surface area contributed by atoms with Gasteiger partial charge in [0.05, 0.1) is 4.90 Å². The van der Waals surface area contributed by atoms with Gasteiger partial charge in [-0.1, -0.05) is 36.4 Å². The summed E-state index contributed by atoms with van der Waals surface area (Å²) in [4.78, 5) is 13.4. The number of fused-ring (bicyclic) bond motifs is 1. The Balaban J connectivity index is 1.32. The van der Waals surface area contributed by atoms with Gasteiger partial charge < -0.3 is 10.6 Å². The highest BCUT2D eigenvalue weighted by Gasteiger charge is 2.17. The molecule has 0 amide bonds. The normalized spacial score (nSPS) is 11.3. The van der Waals surface area contributed by atoms with Crippen LogP contribution in [0.5, 0.6) is 0 Å². The molecule has 0 aliphatic rings. The number of nitrogens with zero attached hydrogens (tertiary/aromatic N) is 3. The summed E-state index contributed by atoms with van der Waals surface area (Å²) in [6.45, 7) is 3.81. The smallest absolute Gasteiger partial charge is 0.262 e. The minimum absolute atomic E-state index is 0.238. The second kappa shape index (κ2) is 9.63. The Hall–Kier alpha value is -4.50. The molecule has 0 saturated heterocycles. The number of pyridine rings is 1. The van der Waals surface area contributed by atoms with Gasteiger partial charge >= 0.3 is 0 Å². The van der Waals surface area contributed by atoms with Crippen molar-refractivity contribution >= 4 is 49.6 Å². The molecule has 5 rings (SSSR count). The summed E-state index contributed by atoms with van der Waals surface area (Å²) in [6.07, 6.45) is 1.74. The van der Waals surface area contributed by atoms with E-state index in [0.29, 0.717) is 34.4 Å². The topological polar surface area (TPSA) is 109 Å². The highest BCUT2D eigenvalue weighted by Crippen LogP contribution is 2.26. The number of sulfonamides is 1. The Morgan fingerprint density at radius 1 is 0.694 bits per heavy atom. The monoisotopic (exact) mass is 496 g/mol. The van der Waals surface area contributed by atoms with Crippen LogP contribution in [0.3, 0.4) is 0 Å². The Kier molecular flexibility index (Phi) is 6.22. The predicted molar refractivity (Wildman–Crippen MR) is 144 cm³/mol. The molecule has 180 valence electrons. The summed E-state index contributed by atoms with van der Waals surface area (Å²) in [6, 6.07) is 25.3. The molecule has 8 nitrogen and oxygen atoms in total. The van der Waals surface area contributed by atoms with E-state index in [1.165, 1.54) is 0 Å². The van der Waals surface area contributed by atoms with Crippen LogP contribution in [-0.2, 0) is 10.0 Å². The van der Waals surface area contributed by atoms with Gasteiger partial charge in [-0.2, -0.15) is 0 Å². The summed E-state index contributed by atoms with van der Waals surface area (Å²) >= 11 is 0. The zero-order valence-corrected chi connectivity index (χ0v) is 20.5. The van der Waals surface area contributed by atoms with Crippen LogP contribution in [0.15, 0.2) is 96.0 Å². The third-order valence-corrected chi connectivity index (χ3v) is 6.90. The van der Waals surface area contributed by atoms with E-state index in [-0.39, 0.29) is 4.90 Å². The summed E-state index contributed by atoms with van der Waals surface area (Å²) in [5.41, 5.74) is 2.30. The fourth-order valence-corrected chi connectivity index (χ4v) is 5.13. The van der Waals surface area contributed by atoms with Crippen molar-refractivity contribution in [3.05, 3.63) is 103 Å². The Morgan fingerprint density at radius 2 is 1.39 bits per heavy atom. The van der Waals surface area contributed by atoms with Gasteiger partial charge in [0.25, 0.3) is 10.0 Å². The van der Waals surface area contributed by atoms with Gasteiger partial charge in [-0.3, -0.25) is 4.72 Å². The molecule has 0 aliphatic heterocycles. The van der Waals surface area contributed by atoms with Crippen molar-refractivity contribution in [3.63, 3.8) is 0 Å². The molecule has 0 atom stereocenters. The highest BCUT2D eigenvalue weighted by atomic mass is 32.2. The lowest BCUT2D eigenvalue weighted by atomic mass is 10.1. The van der Waals surface area contributed by atoms with Crippen LogP contribution in [0.1, 0.15) is 11.4 Å². The van der Waals surface area contributed by atoms with Crippen molar-refractivity contribution in [2.75, 3.05) is 15.4 Å². The van der Waals surface area contributed by atoms with Crippen molar-refractivity contribution < 1.29 is 8.42 Å². The first kappa shape index (κ1) is 23.3. The number of nitrogens with one attached hydrogen (secondary N) is 3. The maximum absolute atomic E-state index is 13.1. The van der Waals surface area contributed by atoms with Crippen molar-refractivity contribution in [1.82, 2.24) is 15.0 Å². The van der Waals surface area contributed by atoms with Crippen molar-refractivity contribution in [3.8, 4) is 0 Å². The third-order valence-electron chi connectivity index (χ3n) is 5.46. The molecule has 0 saturated carbocycles. The maximum Gasteiger partial charge on any atom is 0.262 e. The zero-order valence-electron chi connectivity index (χ0n) is 19.7. The van der Waals surface area contributed by atoms with Crippen molar-refractivity contribution in [1.29, 1.82) is 0 Å². The van der Waals surface area contributed by atoms with Gasteiger partial charge in [0.1, 0.15) is 23.3 Å². The standard InChI is InChI=1S/C27H24N6O2S/c1-18-14-15-28-25(16-18)32-27-17-26(29-19(2)30-27)31-21-10-12-22(13-11-21)33-36(34,35)24-9-5-7-20-6-3-4-8-23(20)24/h3-17,33H,1-2H3,(H2,28,29,30,31,32). The van der Waals surface area contributed by atoms with Gasteiger partial charge in [-0.25, -0.2) is 23.4 Å². The summed E-state index contributed by atoms with van der Waals surface area (Å²) in [7, 11) is -3.76. The molecule has 3 N–H and O–H groups in total. The lowest BCUT2D eigenvalue weighted by Crippen LogP contribution is -2.13. The van der Waals surface area contributed by atoms with Gasteiger partial charge in [0.2, 0.25) is 0 Å². The number of benzene rings is 3. The molecule has 9 heteroatoms. The molecule has 0 unspecified atom stereocenters. The van der Waals surface area contributed by atoms with E-state index in [0.717, 1.165) is 16.6 Å². The summed E-state index contributed by atoms with van der Waals surface area (Å²) in [5.74, 6) is 2.50. The van der Waals surface area contributed by atoms with Crippen LogP contribution in [0.25, 0.3) is 10.8 Å². The van der Waals surface area contributed by atoms with E-state index in [1.807, 2.05) is 50.2 Å². The largest absolute Gasteiger partial charge is 0.340 e. The van der Waals surface area contributed by atoms with Crippen LogP contribution in [0.2, 0.25) is 0 Å². The SMILES string of the molecule is Cc1ccnc(Nc2cc(Nc3ccc(NS(=O)(=O)c4cccc5ccccc45)cc3)nc(C)n2)c1. The van der Waals surface area contributed by atoms with E-state index in [9.17, 15) is 8.42 Å². The quantitative estimate of drug-likeness (QED) is 0.256. The Labute approximate surface area is 209 Å². The lowest BCUT2D eigenvalue weighted by Gasteiger charge is -2.12. The van der Waals surface area contributed by atoms with E-state index >= 15 is 0 Å². The Bertz CT molecular complexity index is 1650. The van der Waals surface area contributed by atoms with Crippen LogP contribution >= 0.6 is 0 Å². The maximum atomic E-state index is 13.1. The minimum Gasteiger partial charge on any atom is -0.340 e. The molecular weight excluding hydrogens is 472 g/mol. The number of rotatable bonds is 7. The van der Waals surface area contributed by atoms with E-state index in [4.69, 9.17) is 0 Å². The van der Waals surface area contributed by atoms with Crippen LogP contribution < -0.4 is 15.4 Å².